The van der Waals surface area contributed by atoms with E-state index in [0.29, 0.717) is 36.9 Å². The number of ketones is 1. The molecule has 0 radical (unpaired) electrons. The number of rotatable bonds is 6. The highest BCUT2D eigenvalue weighted by molar-refractivity contribution is 6.06. The summed E-state index contributed by atoms with van der Waals surface area (Å²) in [5.41, 5.74) is 1.00. The molecule has 198 valence electrons. The Morgan fingerprint density at radius 2 is 2.00 bits per heavy atom. The van der Waals surface area contributed by atoms with E-state index in [2.05, 4.69) is 15.3 Å². The highest BCUT2D eigenvalue weighted by Gasteiger charge is 2.33. The number of pyridine rings is 2. The van der Waals surface area contributed by atoms with Crippen LogP contribution in [0, 0.1) is 5.92 Å². The van der Waals surface area contributed by atoms with Gasteiger partial charge in [0.2, 0.25) is 17.7 Å². The third-order valence-corrected chi connectivity index (χ3v) is 5.98. The molecule has 0 saturated carbocycles. The van der Waals surface area contributed by atoms with Gasteiger partial charge in [0.15, 0.2) is 12.4 Å². The lowest BCUT2D eigenvalue weighted by molar-refractivity contribution is -0.154. The van der Waals surface area contributed by atoms with Crippen LogP contribution in [-0.4, -0.2) is 52.9 Å². The van der Waals surface area contributed by atoms with E-state index in [4.69, 9.17) is 14.5 Å². The van der Waals surface area contributed by atoms with E-state index in [-0.39, 0.29) is 47.0 Å². The van der Waals surface area contributed by atoms with Crippen LogP contribution in [0.1, 0.15) is 62.5 Å². The number of fused-ring (bicyclic) bond motifs is 4. The molecule has 1 N–H and O–H groups in total. The lowest BCUT2D eigenvalue weighted by atomic mass is 10.0. The molecule has 0 aliphatic carbocycles. The number of hydrogen-bond donors (Lipinski definition) is 1. The topological polar surface area (TPSA) is 106 Å². The van der Waals surface area contributed by atoms with Crippen molar-refractivity contribution >= 4 is 29.2 Å². The Morgan fingerprint density at radius 1 is 1.24 bits per heavy atom. The van der Waals surface area contributed by atoms with Crippen molar-refractivity contribution < 1.29 is 32.2 Å². The quantitative estimate of drug-likeness (QED) is 0.550. The van der Waals surface area contributed by atoms with E-state index in [1.807, 2.05) is 6.92 Å². The lowest BCUT2D eigenvalue weighted by Gasteiger charge is -2.34. The summed E-state index contributed by atoms with van der Waals surface area (Å²) in [7, 11) is 0. The Kier molecular flexibility index (Phi) is 7.37. The smallest absolute Gasteiger partial charge is 0.422 e. The number of nitrogens with zero attached hydrogens (tertiary/aromatic N) is 4. The van der Waals surface area contributed by atoms with Gasteiger partial charge >= 0.3 is 6.18 Å². The minimum absolute atomic E-state index is 0.176. The van der Waals surface area contributed by atoms with Crippen LogP contribution in [0.15, 0.2) is 29.3 Å². The van der Waals surface area contributed by atoms with Crippen LogP contribution in [0.2, 0.25) is 0 Å². The standard InChI is InChI=1S/C25H28F3N5O4/c1-13(2)24(35)31-19-9-16-10-22(30-19)37-17-7-8-33(20(11-17)29-14(16)3)23-18(15(4)34)5-6-21(32-23)36-12-25(26,27)28/h5-6,9-10,13-14,17H,7-8,11-12H2,1-4H3,(H,30,31,35)/b29-20+. The Morgan fingerprint density at radius 3 is 2.68 bits per heavy atom. The molecule has 1 amide bonds. The molecule has 2 unspecified atom stereocenters. The Bertz CT molecular complexity index is 1230. The number of Topliss-reactive ketones (excluding diaryl/α,β-unsaturated/α-hetero) is 1. The van der Waals surface area contributed by atoms with Crippen LogP contribution in [0.25, 0.3) is 0 Å². The second-order valence-corrected chi connectivity index (χ2v) is 9.35. The summed E-state index contributed by atoms with van der Waals surface area (Å²) < 4.78 is 49.0. The summed E-state index contributed by atoms with van der Waals surface area (Å²) in [6, 6.07) is 5.79. The van der Waals surface area contributed by atoms with Gasteiger partial charge in [-0.3, -0.25) is 14.6 Å². The van der Waals surface area contributed by atoms with Gasteiger partial charge in [-0.1, -0.05) is 13.8 Å². The van der Waals surface area contributed by atoms with Crippen LogP contribution in [0.4, 0.5) is 24.8 Å². The predicted octanol–water partition coefficient (Wildman–Crippen LogP) is 4.74. The average Bonchev–Trinajstić information content (AvgIpc) is 2.84. The number of carbonyl (C=O) groups is 2. The largest absolute Gasteiger partial charge is 0.474 e. The maximum atomic E-state index is 12.7. The van der Waals surface area contributed by atoms with Gasteiger partial charge in [0.05, 0.1) is 11.6 Å². The Balaban J connectivity index is 1.69. The zero-order valence-electron chi connectivity index (χ0n) is 20.9. The van der Waals surface area contributed by atoms with Gasteiger partial charge in [-0.15, -0.1) is 0 Å². The zero-order chi connectivity index (χ0) is 26.9. The molecule has 2 aliphatic heterocycles. The molecule has 37 heavy (non-hydrogen) atoms. The summed E-state index contributed by atoms with van der Waals surface area (Å²) in [4.78, 5) is 39.9. The number of alkyl halides is 3. The molecule has 2 aromatic heterocycles. The van der Waals surface area contributed by atoms with E-state index < -0.39 is 12.8 Å². The molecule has 1 fully saturated rings. The molecule has 1 saturated heterocycles. The predicted molar refractivity (Wildman–Crippen MR) is 130 cm³/mol. The fourth-order valence-electron chi connectivity index (χ4n) is 4.05. The molecule has 4 bridgehead atoms. The first-order valence-corrected chi connectivity index (χ1v) is 11.9. The lowest BCUT2D eigenvalue weighted by Crippen LogP contribution is -2.44. The van der Waals surface area contributed by atoms with Crippen molar-refractivity contribution in [2.24, 2.45) is 10.9 Å². The number of aromatic nitrogens is 2. The number of aliphatic imine (C=N–C) groups is 1. The van der Waals surface area contributed by atoms with Crippen molar-refractivity contribution in [3.8, 4) is 11.8 Å². The second-order valence-electron chi connectivity index (χ2n) is 9.35. The van der Waals surface area contributed by atoms with Gasteiger partial charge in [-0.05, 0) is 31.5 Å². The molecule has 4 heterocycles. The van der Waals surface area contributed by atoms with Gasteiger partial charge < -0.3 is 19.7 Å². The first kappa shape index (κ1) is 26.4. The number of carbonyl (C=O) groups excluding carboxylic acids is 2. The molecule has 0 spiro atoms. The van der Waals surface area contributed by atoms with Gasteiger partial charge in [-0.25, -0.2) is 0 Å². The van der Waals surface area contributed by atoms with Crippen molar-refractivity contribution in [2.75, 3.05) is 23.4 Å². The molecule has 12 heteroatoms. The van der Waals surface area contributed by atoms with E-state index in [0.717, 1.165) is 5.56 Å². The zero-order valence-corrected chi connectivity index (χ0v) is 20.9. The summed E-state index contributed by atoms with van der Waals surface area (Å²) in [6.07, 6.45) is -3.93. The number of amidine groups is 1. The van der Waals surface area contributed by atoms with Crippen molar-refractivity contribution in [1.82, 2.24) is 9.97 Å². The number of amides is 1. The van der Waals surface area contributed by atoms with Crippen LogP contribution in [0.3, 0.4) is 0 Å². The minimum atomic E-state index is -4.52. The van der Waals surface area contributed by atoms with E-state index >= 15 is 0 Å². The molecule has 2 atom stereocenters. The third-order valence-electron chi connectivity index (χ3n) is 5.98. The average molecular weight is 520 g/mol. The van der Waals surface area contributed by atoms with E-state index in [1.54, 1.807) is 30.9 Å². The van der Waals surface area contributed by atoms with E-state index in [9.17, 15) is 22.8 Å². The highest BCUT2D eigenvalue weighted by Crippen LogP contribution is 2.33. The number of piperidine rings is 1. The normalized spacial score (nSPS) is 20.6. The van der Waals surface area contributed by atoms with Crippen LogP contribution < -0.4 is 19.7 Å². The van der Waals surface area contributed by atoms with Gasteiger partial charge in [-0.2, -0.15) is 23.1 Å². The van der Waals surface area contributed by atoms with Crippen molar-refractivity contribution in [2.45, 2.75) is 58.9 Å². The summed E-state index contributed by atoms with van der Waals surface area (Å²) in [5, 5.41) is 2.79. The van der Waals surface area contributed by atoms with Crippen LogP contribution in [0.5, 0.6) is 11.8 Å². The number of ether oxygens (including phenoxy) is 2. The fraction of sp³-hybridized carbons (Fsp3) is 0.480. The molecule has 9 nitrogen and oxygen atoms in total. The Labute approximate surface area is 212 Å². The van der Waals surface area contributed by atoms with Gasteiger partial charge in [0.1, 0.15) is 23.6 Å². The number of hydrogen-bond acceptors (Lipinski definition) is 8. The first-order valence-electron chi connectivity index (χ1n) is 11.9. The fourth-order valence-corrected chi connectivity index (χ4v) is 4.05. The minimum Gasteiger partial charge on any atom is -0.474 e. The second kappa shape index (κ2) is 10.3. The summed E-state index contributed by atoms with van der Waals surface area (Å²) in [5.74, 6) is 0.548. The monoisotopic (exact) mass is 519 g/mol. The Hall–Kier alpha value is -3.70. The maximum Gasteiger partial charge on any atom is 0.422 e. The van der Waals surface area contributed by atoms with Crippen molar-refractivity contribution in [3.05, 3.63) is 35.4 Å². The molecule has 0 aromatic carbocycles. The summed E-state index contributed by atoms with van der Waals surface area (Å²) >= 11 is 0. The first-order chi connectivity index (χ1) is 17.4. The third kappa shape index (κ3) is 6.36. The number of anilines is 2. The molecule has 4 rings (SSSR count). The highest BCUT2D eigenvalue weighted by atomic mass is 19.4. The molecular formula is C25H28F3N5O4. The SMILES string of the molecule is CC(=O)c1ccc(OCC(F)(F)F)nc1N1CCC2C/C1=N\C(C)c1cc(NC(=O)C(C)C)nc(c1)O2. The van der Waals surface area contributed by atoms with Gasteiger partial charge in [0, 0.05) is 37.4 Å². The molecular weight excluding hydrogens is 491 g/mol. The van der Waals surface area contributed by atoms with Crippen molar-refractivity contribution in [3.63, 3.8) is 0 Å². The number of halogens is 3. The number of nitrogens with one attached hydrogen (secondary N) is 1. The molecule has 2 aliphatic rings. The van der Waals surface area contributed by atoms with Gasteiger partial charge in [0.25, 0.3) is 0 Å². The van der Waals surface area contributed by atoms with Crippen LogP contribution >= 0.6 is 0 Å². The van der Waals surface area contributed by atoms with E-state index in [1.165, 1.54) is 19.1 Å². The molecule has 2 aromatic rings. The maximum absolute atomic E-state index is 12.7. The summed E-state index contributed by atoms with van der Waals surface area (Å²) in [6.45, 7) is 5.66. The van der Waals surface area contributed by atoms with Crippen LogP contribution in [-0.2, 0) is 4.79 Å². The van der Waals surface area contributed by atoms with Crippen molar-refractivity contribution in [1.29, 1.82) is 0 Å².